The Kier molecular flexibility index (Phi) is 12.0. The number of amides is 1. The Morgan fingerprint density at radius 3 is 1.94 bits per heavy atom. The summed E-state index contributed by atoms with van der Waals surface area (Å²) in [5.41, 5.74) is 1.38. The SMILES string of the molecule is C=C(C)C(=O)OCCCCCCCCCCOc1ccc(C(=O)Nc2ccc([N+](=O)[O-])cc2)cc1. The van der Waals surface area contributed by atoms with Crippen molar-refractivity contribution in [1.82, 2.24) is 0 Å². The van der Waals surface area contributed by atoms with E-state index in [4.69, 9.17) is 9.47 Å². The minimum absolute atomic E-state index is 0.0275. The number of anilines is 1. The number of esters is 1. The first-order valence-corrected chi connectivity index (χ1v) is 12.0. The fraction of sp³-hybridized carbons (Fsp3) is 0.407. The molecular weight excluding hydrogens is 448 g/mol. The molecule has 35 heavy (non-hydrogen) atoms. The molecule has 2 aromatic carbocycles. The maximum atomic E-state index is 12.3. The van der Waals surface area contributed by atoms with Gasteiger partial charge in [0.05, 0.1) is 18.1 Å². The monoisotopic (exact) mass is 482 g/mol. The summed E-state index contributed by atoms with van der Waals surface area (Å²) in [5, 5.41) is 13.4. The van der Waals surface area contributed by atoms with E-state index in [1.807, 2.05) is 0 Å². The summed E-state index contributed by atoms with van der Waals surface area (Å²) in [5.74, 6) is 0.107. The molecule has 2 aromatic rings. The molecule has 0 spiro atoms. The van der Waals surface area contributed by atoms with Gasteiger partial charge in [-0.2, -0.15) is 0 Å². The summed E-state index contributed by atoms with van der Waals surface area (Å²) in [6.45, 7) is 6.30. The molecule has 0 aliphatic rings. The van der Waals surface area contributed by atoms with Crippen molar-refractivity contribution < 1.29 is 24.0 Å². The first-order valence-electron chi connectivity index (χ1n) is 12.0. The topological polar surface area (TPSA) is 108 Å². The Balaban J connectivity index is 1.52. The third-order valence-electron chi connectivity index (χ3n) is 5.34. The van der Waals surface area contributed by atoms with Crippen molar-refractivity contribution in [3.63, 3.8) is 0 Å². The van der Waals surface area contributed by atoms with Gasteiger partial charge in [-0.3, -0.25) is 14.9 Å². The molecule has 0 aliphatic carbocycles. The van der Waals surface area contributed by atoms with Gasteiger partial charge in [0, 0.05) is 29.0 Å². The van der Waals surface area contributed by atoms with E-state index < -0.39 is 4.92 Å². The maximum absolute atomic E-state index is 12.3. The summed E-state index contributed by atoms with van der Waals surface area (Å²) in [4.78, 5) is 33.8. The number of benzene rings is 2. The van der Waals surface area contributed by atoms with Gasteiger partial charge in [0.2, 0.25) is 0 Å². The van der Waals surface area contributed by atoms with Crippen molar-refractivity contribution >= 4 is 23.3 Å². The number of hydrogen-bond donors (Lipinski definition) is 1. The third kappa shape index (κ3) is 10.9. The summed E-state index contributed by atoms with van der Waals surface area (Å²) < 4.78 is 10.8. The molecule has 8 heteroatoms. The van der Waals surface area contributed by atoms with Crippen molar-refractivity contribution in [2.75, 3.05) is 18.5 Å². The smallest absolute Gasteiger partial charge is 0.333 e. The van der Waals surface area contributed by atoms with Gasteiger partial charge in [-0.05, 0) is 56.2 Å². The van der Waals surface area contributed by atoms with Gasteiger partial charge in [0.15, 0.2) is 0 Å². The number of nitrogens with one attached hydrogen (secondary N) is 1. The Hall–Kier alpha value is -3.68. The molecule has 0 radical (unpaired) electrons. The summed E-state index contributed by atoms with van der Waals surface area (Å²) in [6, 6.07) is 12.6. The predicted octanol–water partition coefficient (Wildman–Crippen LogP) is 6.47. The zero-order valence-corrected chi connectivity index (χ0v) is 20.3. The predicted molar refractivity (Wildman–Crippen MR) is 136 cm³/mol. The minimum Gasteiger partial charge on any atom is -0.494 e. The number of carbonyl (C=O) groups excluding carboxylic acids is 2. The number of carbonyl (C=O) groups is 2. The lowest BCUT2D eigenvalue weighted by Gasteiger charge is -2.08. The van der Waals surface area contributed by atoms with E-state index in [0.717, 1.165) is 38.5 Å². The second-order valence-corrected chi connectivity index (χ2v) is 8.38. The number of nitro groups is 1. The van der Waals surface area contributed by atoms with Crippen LogP contribution in [0.2, 0.25) is 0 Å². The third-order valence-corrected chi connectivity index (χ3v) is 5.34. The van der Waals surface area contributed by atoms with Gasteiger partial charge in [0.1, 0.15) is 5.75 Å². The second kappa shape index (κ2) is 15.3. The van der Waals surface area contributed by atoms with E-state index in [1.165, 1.54) is 37.1 Å². The normalized spacial score (nSPS) is 10.4. The van der Waals surface area contributed by atoms with Crippen LogP contribution in [0.15, 0.2) is 60.7 Å². The van der Waals surface area contributed by atoms with E-state index in [0.29, 0.717) is 35.8 Å². The number of non-ortho nitro benzene ring substituents is 1. The second-order valence-electron chi connectivity index (χ2n) is 8.38. The Morgan fingerprint density at radius 1 is 0.857 bits per heavy atom. The Bertz CT molecular complexity index is 970. The molecule has 0 unspecified atom stereocenters. The van der Waals surface area contributed by atoms with E-state index in [-0.39, 0.29) is 17.6 Å². The van der Waals surface area contributed by atoms with Crippen molar-refractivity contribution in [3.05, 3.63) is 76.4 Å². The highest BCUT2D eigenvalue weighted by Gasteiger charge is 2.09. The zero-order valence-electron chi connectivity index (χ0n) is 20.3. The molecule has 0 saturated carbocycles. The molecule has 2 rings (SSSR count). The number of nitro benzene ring substituents is 1. The lowest BCUT2D eigenvalue weighted by Crippen LogP contribution is -2.11. The van der Waals surface area contributed by atoms with Crippen molar-refractivity contribution in [1.29, 1.82) is 0 Å². The quantitative estimate of drug-likeness (QED) is 0.0966. The highest BCUT2D eigenvalue weighted by atomic mass is 16.6. The van der Waals surface area contributed by atoms with Gasteiger partial charge in [-0.15, -0.1) is 0 Å². The number of rotatable bonds is 16. The summed E-state index contributed by atoms with van der Waals surface area (Å²) in [6.07, 6.45) is 8.70. The van der Waals surface area contributed by atoms with Gasteiger partial charge >= 0.3 is 5.97 Å². The molecule has 1 amide bonds. The molecule has 0 bridgehead atoms. The fourth-order valence-corrected chi connectivity index (χ4v) is 3.32. The lowest BCUT2D eigenvalue weighted by molar-refractivity contribution is -0.384. The number of ether oxygens (including phenoxy) is 2. The molecule has 0 aromatic heterocycles. The van der Waals surface area contributed by atoms with Crippen LogP contribution >= 0.6 is 0 Å². The highest BCUT2D eigenvalue weighted by molar-refractivity contribution is 6.04. The molecule has 0 aliphatic heterocycles. The van der Waals surface area contributed by atoms with Gasteiger partial charge in [-0.1, -0.05) is 45.1 Å². The molecule has 0 saturated heterocycles. The van der Waals surface area contributed by atoms with Gasteiger partial charge in [0.25, 0.3) is 11.6 Å². The van der Waals surface area contributed by atoms with Crippen molar-refractivity contribution in [2.24, 2.45) is 0 Å². The summed E-state index contributed by atoms with van der Waals surface area (Å²) in [7, 11) is 0. The Morgan fingerprint density at radius 2 is 1.40 bits per heavy atom. The van der Waals surface area contributed by atoms with Crippen molar-refractivity contribution in [3.8, 4) is 5.75 Å². The van der Waals surface area contributed by atoms with Crippen LogP contribution in [-0.2, 0) is 9.53 Å². The molecule has 188 valence electrons. The van der Waals surface area contributed by atoms with Crippen LogP contribution in [-0.4, -0.2) is 30.0 Å². The first kappa shape index (κ1) is 27.6. The van der Waals surface area contributed by atoms with E-state index in [2.05, 4.69) is 11.9 Å². The average molecular weight is 483 g/mol. The van der Waals surface area contributed by atoms with Gasteiger partial charge < -0.3 is 14.8 Å². The molecule has 1 N–H and O–H groups in total. The lowest BCUT2D eigenvalue weighted by atomic mass is 10.1. The van der Waals surface area contributed by atoms with E-state index >= 15 is 0 Å². The molecular formula is C27H34N2O6. The van der Waals surface area contributed by atoms with Crippen LogP contribution in [0.5, 0.6) is 5.75 Å². The highest BCUT2D eigenvalue weighted by Crippen LogP contribution is 2.18. The van der Waals surface area contributed by atoms with E-state index in [9.17, 15) is 19.7 Å². The van der Waals surface area contributed by atoms with E-state index in [1.54, 1.807) is 31.2 Å². The van der Waals surface area contributed by atoms with Crippen LogP contribution in [0.4, 0.5) is 11.4 Å². The molecule has 0 fully saturated rings. The summed E-state index contributed by atoms with van der Waals surface area (Å²) >= 11 is 0. The van der Waals surface area contributed by atoms with Crippen LogP contribution in [0.25, 0.3) is 0 Å². The first-order chi connectivity index (χ1) is 16.9. The van der Waals surface area contributed by atoms with Crippen LogP contribution in [0.3, 0.4) is 0 Å². The minimum atomic E-state index is -0.484. The average Bonchev–Trinajstić information content (AvgIpc) is 2.85. The largest absolute Gasteiger partial charge is 0.494 e. The zero-order chi connectivity index (χ0) is 25.5. The standard InChI is InChI=1S/C27H34N2O6/c1-21(2)27(31)35-20-10-8-6-4-3-5-7-9-19-34-25-17-11-22(12-18-25)26(30)28-23-13-15-24(16-14-23)29(32)33/h11-18H,1,3-10,19-20H2,2H3,(H,28,30). The van der Waals surface area contributed by atoms with Gasteiger partial charge in [-0.25, -0.2) is 4.79 Å². The maximum Gasteiger partial charge on any atom is 0.333 e. The number of hydrogen-bond acceptors (Lipinski definition) is 6. The molecule has 0 heterocycles. The molecule has 8 nitrogen and oxygen atoms in total. The Labute approximate surface area is 206 Å². The molecule has 0 atom stereocenters. The number of nitrogens with zero attached hydrogens (tertiary/aromatic N) is 1. The fourth-order valence-electron chi connectivity index (χ4n) is 3.32. The van der Waals surface area contributed by atoms with Crippen LogP contribution in [0.1, 0.15) is 68.6 Å². The van der Waals surface area contributed by atoms with Crippen LogP contribution < -0.4 is 10.1 Å². The number of unbranched alkanes of at least 4 members (excludes halogenated alkanes) is 7. The van der Waals surface area contributed by atoms with Crippen molar-refractivity contribution in [2.45, 2.75) is 58.3 Å². The van der Waals surface area contributed by atoms with Crippen LogP contribution in [0, 0.1) is 10.1 Å².